The van der Waals surface area contributed by atoms with Crippen molar-refractivity contribution in [1.82, 2.24) is 15.6 Å². The number of nitrogens with zero attached hydrogens (tertiary/aromatic N) is 2. The Morgan fingerprint density at radius 2 is 2.12 bits per heavy atom. The van der Waals surface area contributed by atoms with Crippen LogP contribution in [0.4, 0.5) is 0 Å². The lowest BCUT2D eigenvalue weighted by Gasteiger charge is -2.32. The molecule has 3 rings (SSSR count). The maximum absolute atomic E-state index is 10.1. The van der Waals surface area contributed by atoms with E-state index in [0.29, 0.717) is 18.3 Å². The van der Waals surface area contributed by atoms with Gasteiger partial charge in [-0.15, -0.1) is 11.3 Å². The first kappa shape index (κ1) is 18.4. The largest absolute Gasteiger partial charge is 0.507 e. The number of nitrogens with one attached hydrogen (secondary N) is 2. The Balaban J connectivity index is 1.80. The van der Waals surface area contributed by atoms with Gasteiger partial charge in [0.2, 0.25) is 0 Å². The highest BCUT2D eigenvalue weighted by atomic mass is 32.1. The number of aromatic nitrogens is 1. The second kappa shape index (κ2) is 7.47. The van der Waals surface area contributed by atoms with Crippen molar-refractivity contribution in [1.29, 1.82) is 0 Å². The fourth-order valence-corrected chi connectivity index (χ4v) is 3.86. The van der Waals surface area contributed by atoms with Crippen molar-refractivity contribution in [3.63, 3.8) is 0 Å². The minimum Gasteiger partial charge on any atom is -0.507 e. The number of aromatic hydroxyl groups is 1. The number of nitrogens with two attached hydrogens (primary N) is 1. The summed E-state index contributed by atoms with van der Waals surface area (Å²) in [6, 6.07) is 7.24. The number of phenolic OH excluding ortho intramolecular Hbond substituents is 1. The predicted molar refractivity (Wildman–Crippen MR) is 107 cm³/mol. The van der Waals surface area contributed by atoms with Crippen molar-refractivity contribution >= 4 is 17.3 Å². The molecule has 0 amide bonds. The lowest BCUT2D eigenvalue weighted by Crippen LogP contribution is -2.61. The molecule has 138 valence electrons. The van der Waals surface area contributed by atoms with E-state index < -0.39 is 5.66 Å². The SMILES string of the molecule is Cc1nc(-c2ccccc2O)sc1CC1(N)C=CNC(=NCC(C)C)N1. The molecule has 0 fully saturated rings. The van der Waals surface area contributed by atoms with Gasteiger partial charge in [-0.3, -0.25) is 4.99 Å². The summed E-state index contributed by atoms with van der Waals surface area (Å²) in [7, 11) is 0. The molecule has 26 heavy (non-hydrogen) atoms. The smallest absolute Gasteiger partial charge is 0.197 e. The Morgan fingerprint density at radius 3 is 2.85 bits per heavy atom. The van der Waals surface area contributed by atoms with Crippen molar-refractivity contribution in [2.75, 3.05) is 6.54 Å². The predicted octanol–water partition coefficient (Wildman–Crippen LogP) is 2.74. The first-order valence-electron chi connectivity index (χ1n) is 8.67. The zero-order chi connectivity index (χ0) is 18.7. The minimum atomic E-state index is -0.728. The van der Waals surface area contributed by atoms with Gasteiger partial charge in [0.1, 0.15) is 16.4 Å². The normalized spacial score (nSPS) is 21.0. The van der Waals surface area contributed by atoms with E-state index in [1.165, 1.54) is 0 Å². The van der Waals surface area contributed by atoms with Crippen LogP contribution in [0, 0.1) is 12.8 Å². The lowest BCUT2D eigenvalue weighted by molar-refractivity contribution is 0.472. The Labute approximate surface area is 157 Å². The van der Waals surface area contributed by atoms with Crippen LogP contribution < -0.4 is 16.4 Å². The molecule has 2 heterocycles. The van der Waals surface area contributed by atoms with Crippen molar-refractivity contribution in [3.8, 4) is 16.3 Å². The number of aliphatic imine (C=N–C) groups is 1. The second-order valence-electron chi connectivity index (χ2n) is 6.95. The van der Waals surface area contributed by atoms with Crippen molar-refractivity contribution in [2.24, 2.45) is 16.6 Å². The highest BCUT2D eigenvalue weighted by Gasteiger charge is 2.28. The molecular formula is C19H25N5OS. The van der Waals surface area contributed by atoms with Gasteiger partial charge in [-0.2, -0.15) is 0 Å². The van der Waals surface area contributed by atoms with Crippen LogP contribution in [-0.2, 0) is 6.42 Å². The third kappa shape index (κ3) is 4.23. The Morgan fingerprint density at radius 1 is 1.35 bits per heavy atom. The molecule has 1 aromatic carbocycles. The van der Waals surface area contributed by atoms with Crippen LogP contribution in [-0.4, -0.2) is 28.3 Å². The third-order valence-electron chi connectivity index (χ3n) is 4.05. The molecule has 1 aliphatic heterocycles. The summed E-state index contributed by atoms with van der Waals surface area (Å²) in [4.78, 5) is 10.2. The van der Waals surface area contributed by atoms with Crippen LogP contribution in [0.1, 0.15) is 24.4 Å². The molecule has 1 unspecified atom stereocenters. The van der Waals surface area contributed by atoms with E-state index in [4.69, 9.17) is 5.73 Å². The van der Waals surface area contributed by atoms with E-state index >= 15 is 0 Å². The topological polar surface area (TPSA) is 95.6 Å². The van der Waals surface area contributed by atoms with Crippen LogP contribution >= 0.6 is 11.3 Å². The van der Waals surface area contributed by atoms with E-state index in [1.807, 2.05) is 31.3 Å². The van der Waals surface area contributed by atoms with Gasteiger partial charge in [0.05, 0.1) is 11.3 Å². The summed E-state index contributed by atoms with van der Waals surface area (Å²) in [5.41, 5.74) is 7.48. The highest BCUT2D eigenvalue weighted by molar-refractivity contribution is 7.15. The van der Waals surface area contributed by atoms with Crippen molar-refractivity contribution < 1.29 is 5.11 Å². The summed E-state index contributed by atoms with van der Waals surface area (Å²) < 4.78 is 0. The third-order valence-corrected chi connectivity index (χ3v) is 5.24. The summed E-state index contributed by atoms with van der Waals surface area (Å²) in [6.07, 6.45) is 4.32. The monoisotopic (exact) mass is 371 g/mol. The number of benzene rings is 1. The number of thiazole rings is 1. The molecule has 1 aromatic heterocycles. The number of aryl methyl sites for hydroxylation is 1. The van der Waals surface area contributed by atoms with Gasteiger partial charge < -0.3 is 21.5 Å². The molecule has 1 atom stereocenters. The quantitative estimate of drug-likeness (QED) is 0.648. The van der Waals surface area contributed by atoms with Gasteiger partial charge in [-0.05, 0) is 31.1 Å². The van der Waals surface area contributed by atoms with Gasteiger partial charge >= 0.3 is 0 Å². The number of rotatable bonds is 5. The summed E-state index contributed by atoms with van der Waals surface area (Å²) >= 11 is 1.55. The molecule has 0 spiro atoms. The number of hydrogen-bond donors (Lipinski definition) is 4. The van der Waals surface area contributed by atoms with Crippen LogP contribution in [0.15, 0.2) is 41.5 Å². The molecule has 0 bridgehead atoms. The average molecular weight is 372 g/mol. The van der Waals surface area contributed by atoms with E-state index in [-0.39, 0.29) is 5.75 Å². The molecule has 2 aromatic rings. The van der Waals surface area contributed by atoms with Crippen molar-refractivity contribution in [3.05, 3.63) is 47.1 Å². The molecule has 0 aliphatic carbocycles. The number of phenols is 1. The van der Waals surface area contributed by atoms with Gasteiger partial charge in [-0.25, -0.2) is 4.98 Å². The molecule has 7 heteroatoms. The van der Waals surface area contributed by atoms with Gasteiger partial charge in [0.15, 0.2) is 5.96 Å². The maximum atomic E-state index is 10.1. The van der Waals surface area contributed by atoms with Crippen LogP contribution in [0.3, 0.4) is 0 Å². The van der Waals surface area contributed by atoms with E-state index in [2.05, 4.69) is 34.5 Å². The first-order chi connectivity index (χ1) is 12.4. The summed E-state index contributed by atoms with van der Waals surface area (Å²) in [6.45, 7) is 6.95. The van der Waals surface area contributed by atoms with Gasteiger partial charge in [0.25, 0.3) is 0 Å². The number of guanidine groups is 1. The first-order valence-corrected chi connectivity index (χ1v) is 9.48. The Hall–Kier alpha value is -2.38. The van der Waals surface area contributed by atoms with Crippen LogP contribution in [0.2, 0.25) is 0 Å². The number of para-hydroxylation sites is 1. The molecule has 5 N–H and O–H groups in total. The maximum Gasteiger partial charge on any atom is 0.197 e. The van der Waals surface area contributed by atoms with Crippen LogP contribution in [0.25, 0.3) is 10.6 Å². The molecule has 0 saturated carbocycles. The van der Waals surface area contributed by atoms with E-state index in [9.17, 15) is 5.11 Å². The zero-order valence-corrected chi connectivity index (χ0v) is 16.1. The molecular weight excluding hydrogens is 346 g/mol. The standard InChI is InChI=1S/C19H25N5OS/c1-12(2)11-22-18-21-9-8-19(20,24-18)10-16-13(3)23-17(26-16)14-6-4-5-7-15(14)25/h4-9,12,25H,10-11,20H2,1-3H3,(H2,21,22,24). The lowest BCUT2D eigenvalue weighted by atomic mass is 10.0. The van der Waals surface area contributed by atoms with Crippen LogP contribution in [0.5, 0.6) is 5.75 Å². The second-order valence-corrected chi connectivity index (χ2v) is 8.03. The Bertz CT molecular complexity index is 842. The van der Waals surface area contributed by atoms with Gasteiger partial charge in [0, 0.05) is 24.0 Å². The summed E-state index contributed by atoms with van der Waals surface area (Å²) in [5.74, 6) is 1.40. The van der Waals surface area contributed by atoms with Crippen molar-refractivity contribution in [2.45, 2.75) is 32.9 Å². The van der Waals surface area contributed by atoms with E-state index in [0.717, 1.165) is 27.7 Å². The fraction of sp³-hybridized carbons (Fsp3) is 0.368. The molecule has 0 saturated heterocycles. The van der Waals surface area contributed by atoms with Gasteiger partial charge in [-0.1, -0.05) is 26.0 Å². The molecule has 1 aliphatic rings. The fourth-order valence-electron chi connectivity index (χ4n) is 2.66. The Kier molecular flexibility index (Phi) is 5.29. The molecule has 0 radical (unpaired) electrons. The summed E-state index contributed by atoms with van der Waals surface area (Å²) in [5, 5.41) is 17.2. The number of hydrogen-bond acceptors (Lipinski definition) is 5. The minimum absolute atomic E-state index is 0.234. The average Bonchev–Trinajstić information content (AvgIpc) is 2.93. The molecule has 6 nitrogen and oxygen atoms in total. The zero-order valence-electron chi connectivity index (χ0n) is 15.3. The van der Waals surface area contributed by atoms with E-state index in [1.54, 1.807) is 23.5 Å². The highest BCUT2D eigenvalue weighted by Crippen LogP contribution is 2.34.